The number of esters is 1. The van der Waals surface area contributed by atoms with E-state index in [9.17, 15) is 34.1 Å². The molecule has 0 saturated heterocycles. The van der Waals surface area contributed by atoms with Gasteiger partial charge < -0.3 is 25.2 Å². The Bertz CT molecular complexity index is 890. The van der Waals surface area contributed by atoms with Crippen LogP contribution in [0.15, 0.2) is 0 Å². The Labute approximate surface area is 310 Å². The zero-order valence-electron chi connectivity index (χ0n) is 32.4. The normalized spacial score (nSPS) is 13.8. The first kappa shape index (κ1) is 49.5. The van der Waals surface area contributed by atoms with Crippen molar-refractivity contribution in [2.45, 2.75) is 212 Å². The average Bonchev–Trinajstić information content (AvgIpc) is 3.10. The van der Waals surface area contributed by atoms with Gasteiger partial charge in [-0.1, -0.05) is 174 Å². The van der Waals surface area contributed by atoms with Gasteiger partial charge in [0.05, 0.1) is 13.2 Å². The van der Waals surface area contributed by atoms with E-state index in [1.807, 2.05) is 0 Å². The van der Waals surface area contributed by atoms with E-state index in [1.165, 1.54) is 122 Å². The molecule has 3 unspecified atom stereocenters. The van der Waals surface area contributed by atoms with Crippen LogP contribution in [0.25, 0.3) is 0 Å². The predicted octanol–water partition coefficient (Wildman–Crippen LogP) is 9.95. The molecule has 0 fully saturated rings. The van der Waals surface area contributed by atoms with Crippen molar-refractivity contribution >= 4 is 25.7 Å². The summed E-state index contributed by atoms with van der Waals surface area (Å²) in [5, 5.41) is 21.8. The molecule has 4 N–H and O–H groups in total. The highest BCUT2D eigenvalue weighted by Crippen LogP contribution is 2.43. The number of phosphoric acid groups is 1. The molecule has 0 aromatic heterocycles. The molecule has 0 aliphatic heterocycles. The minimum Gasteiger partial charge on any atom is -0.480 e. The molecule has 0 heterocycles. The number of carboxylic acid groups (broad SMARTS) is 1. The molecular formula is C39H76NO10P. The van der Waals surface area contributed by atoms with Crippen LogP contribution in [0.5, 0.6) is 0 Å². The van der Waals surface area contributed by atoms with Gasteiger partial charge in [-0.15, -0.1) is 0 Å². The number of hydrogen-bond donors (Lipinski definition) is 4. The number of carbonyl (C=O) groups is 3. The Morgan fingerprint density at radius 1 is 0.549 bits per heavy atom. The van der Waals surface area contributed by atoms with Gasteiger partial charge in [-0.3, -0.25) is 18.6 Å². The van der Waals surface area contributed by atoms with Gasteiger partial charge in [0, 0.05) is 12.8 Å². The number of aliphatic carboxylic acids is 1. The maximum absolute atomic E-state index is 12.3. The molecule has 0 saturated carbocycles. The monoisotopic (exact) mass is 750 g/mol. The number of ether oxygens (including phenoxy) is 1. The summed E-state index contributed by atoms with van der Waals surface area (Å²) in [6.45, 7) is 2.60. The zero-order valence-corrected chi connectivity index (χ0v) is 33.3. The third-order valence-corrected chi connectivity index (χ3v) is 10.1. The molecule has 0 aromatic rings. The molecule has 0 aliphatic carbocycles. The third-order valence-electron chi connectivity index (χ3n) is 9.15. The topological polar surface area (TPSA) is 169 Å². The number of hydrogen-bond acceptors (Lipinski definition) is 8. The minimum atomic E-state index is -4.74. The predicted molar refractivity (Wildman–Crippen MR) is 204 cm³/mol. The first-order valence-corrected chi connectivity index (χ1v) is 22.1. The summed E-state index contributed by atoms with van der Waals surface area (Å²) < 4.78 is 26.8. The fourth-order valence-electron chi connectivity index (χ4n) is 5.90. The summed E-state index contributed by atoms with van der Waals surface area (Å²) in [5.41, 5.74) is 0. The molecule has 0 bridgehead atoms. The number of aliphatic hydroxyl groups excluding tert-OH is 1. The summed E-state index contributed by atoms with van der Waals surface area (Å²) in [4.78, 5) is 45.8. The largest absolute Gasteiger partial charge is 0.480 e. The lowest BCUT2D eigenvalue weighted by Gasteiger charge is -2.18. The molecule has 0 rings (SSSR count). The first-order chi connectivity index (χ1) is 24.6. The van der Waals surface area contributed by atoms with Crippen LogP contribution >= 0.6 is 7.82 Å². The van der Waals surface area contributed by atoms with Crippen molar-refractivity contribution in [3.05, 3.63) is 0 Å². The summed E-state index contributed by atoms with van der Waals surface area (Å²) in [5.74, 6) is -2.36. The lowest BCUT2D eigenvalue weighted by atomic mass is 10.0. The van der Waals surface area contributed by atoms with Crippen molar-refractivity contribution in [3.63, 3.8) is 0 Å². The van der Waals surface area contributed by atoms with Crippen LogP contribution in [-0.2, 0) is 32.7 Å². The van der Waals surface area contributed by atoms with Gasteiger partial charge in [-0.05, 0) is 12.8 Å². The second-order valence-corrected chi connectivity index (χ2v) is 15.6. The Kier molecular flexibility index (Phi) is 34.4. The van der Waals surface area contributed by atoms with Gasteiger partial charge >= 0.3 is 19.8 Å². The number of rotatable bonds is 39. The molecule has 51 heavy (non-hydrogen) atoms. The quantitative estimate of drug-likeness (QED) is 0.0270. The Morgan fingerprint density at radius 2 is 0.902 bits per heavy atom. The van der Waals surface area contributed by atoms with Gasteiger partial charge in [0.1, 0.15) is 12.7 Å². The van der Waals surface area contributed by atoms with Gasteiger partial charge in [-0.25, -0.2) is 9.36 Å². The van der Waals surface area contributed by atoms with E-state index in [0.29, 0.717) is 12.8 Å². The molecule has 0 aliphatic rings. The molecule has 12 heteroatoms. The fraction of sp³-hybridized carbons (Fsp3) is 0.923. The number of phosphoric ester groups is 1. The highest BCUT2D eigenvalue weighted by Gasteiger charge is 2.28. The van der Waals surface area contributed by atoms with E-state index < -0.39 is 57.6 Å². The smallest absolute Gasteiger partial charge is 0.472 e. The van der Waals surface area contributed by atoms with Crippen molar-refractivity contribution in [3.8, 4) is 0 Å². The fourth-order valence-corrected chi connectivity index (χ4v) is 6.68. The van der Waals surface area contributed by atoms with Gasteiger partial charge in [0.2, 0.25) is 5.91 Å². The Morgan fingerprint density at radius 3 is 1.29 bits per heavy atom. The molecule has 0 spiro atoms. The highest BCUT2D eigenvalue weighted by atomic mass is 31.2. The summed E-state index contributed by atoms with van der Waals surface area (Å²) in [6.07, 6.45) is 31.2. The maximum atomic E-state index is 12.3. The van der Waals surface area contributed by atoms with Gasteiger partial charge in [0.15, 0.2) is 6.04 Å². The summed E-state index contributed by atoms with van der Waals surface area (Å²) in [7, 11) is -4.74. The SMILES string of the molecule is CCCCCCCCCCCCCCCCC(=O)NC(COP(=O)(O)OCC(O)COC(=O)CCCCCCCCCCCCCCC)C(=O)O. The number of carbonyl (C=O) groups excluding carboxylic acids is 2. The van der Waals surface area contributed by atoms with Crippen LogP contribution < -0.4 is 5.32 Å². The van der Waals surface area contributed by atoms with Crippen molar-refractivity contribution in [1.29, 1.82) is 0 Å². The number of amides is 1. The zero-order chi connectivity index (χ0) is 37.8. The molecule has 3 atom stereocenters. The van der Waals surface area contributed by atoms with E-state index in [0.717, 1.165) is 38.5 Å². The minimum absolute atomic E-state index is 0.152. The third kappa shape index (κ3) is 35.3. The van der Waals surface area contributed by atoms with Crippen molar-refractivity contribution in [2.24, 2.45) is 0 Å². The molecule has 1 amide bonds. The maximum Gasteiger partial charge on any atom is 0.472 e. The standard InChI is InChI=1S/C39H76NO10P/c1-3-5-7-9-11-13-15-17-19-20-22-24-26-28-30-37(42)40-36(39(44)45)34-50-51(46,47)49-33-35(41)32-48-38(43)31-29-27-25-23-21-18-16-14-12-10-8-6-4-2/h35-36,41H,3-34H2,1-2H3,(H,40,42)(H,44,45)(H,46,47). The van der Waals surface area contributed by atoms with Crippen molar-refractivity contribution in [2.75, 3.05) is 19.8 Å². The van der Waals surface area contributed by atoms with Crippen molar-refractivity contribution in [1.82, 2.24) is 5.32 Å². The Balaban J connectivity index is 3.91. The number of carboxylic acids is 1. The van der Waals surface area contributed by atoms with Crippen LogP contribution in [0.2, 0.25) is 0 Å². The Hall–Kier alpha value is -1.52. The molecule has 302 valence electrons. The second-order valence-electron chi connectivity index (χ2n) is 14.2. The second kappa shape index (κ2) is 35.5. The van der Waals surface area contributed by atoms with Gasteiger partial charge in [0.25, 0.3) is 0 Å². The molecule has 0 radical (unpaired) electrons. The van der Waals surface area contributed by atoms with Crippen LogP contribution in [0.3, 0.4) is 0 Å². The first-order valence-electron chi connectivity index (χ1n) is 20.6. The number of unbranched alkanes of at least 4 members (excludes halogenated alkanes) is 25. The molecule has 0 aromatic carbocycles. The number of nitrogens with one attached hydrogen (secondary N) is 1. The van der Waals surface area contributed by atoms with Crippen LogP contribution in [0.1, 0.15) is 200 Å². The summed E-state index contributed by atoms with van der Waals surface area (Å²) in [6, 6.07) is -1.54. The number of aliphatic hydroxyl groups is 1. The van der Waals surface area contributed by atoms with Crippen LogP contribution in [0.4, 0.5) is 0 Å². The highest BCUT2D eigenvalue weighted by molar-refractivity contribution is 7.47. The van der Waals surface area contributed by atoms with E-state index in [-0.39, 0.29) is 12.8 Å². The van der Waals surface area contributed by atoms with E-state index in [4.69, 9.17) is 13.8 Å². The molecular weight excluding hydrogens is 673 g/mol. The summed E-state index contributed by atoms with van der Waals surface area (Å²) >= 11 is 0. The van der Waals surface area contributed by atoms with E-state index in [2.05, 4.69) is 19.2 Å². The van der Waals surface area contributed by atoms with Gasteiger partial charge in [-0.2, -0.15) is 0 Å². The van der Waals surface area contributed by atoms with Crippen molar-refractivity contribution < 1.29 is 47.8 Å². The lowest BCUT2D eigenvalue weighted by Crippen LogP contribution is -2.43. The van der Waals surface area contributed by atoms with Crippen LogP contribution in [0, 0.1) is 0 Å². The van der Waals surface area contributed by atoms with E-state index in [1.54, 1.807) is 0 Å². The van der Waals surface area contributed by atoms with Crippen LogP contribution in [-0.4, -0.2) is 64.9 Å². The van der Waals surface area contributed by atoms with E-state index >= 15 is 0 Å². The molecule has 11 nitrogen and oxygen atoms in total. The average molecular weight is 750 g/mol. The lowest BCUT2D eigenvalue weighted by molar-refractivity contribution is -0.147.